The molecule has 0 bridgehead atoms. The number of benzene rings is 1. The molecule has 0 aliphatic carbocycles. The van der Waals surface area contributed by atoms with Gasteiger partial charge in [-0.1, -0.05) is 31.0 Å². The van der Waals surface area contributed by atoms with E-state index in [4.69, 9.17) is 11.6 Å². The number of hydrogen-bond acceptors (Lipinski definition) is 1. The molecule has 1 atom stereocenters. The highest BCUT2D eigenvalue weighted by atomic mass is 35.5. The van der Waals surface area contributed by atoms with Gasteiger partial charge in [0.25, 0.3) is 0 Å². The first kappa shape index (κ1) is 11.5. The van der Waals surface area contributed by atoms with Crippen molar-refractivity contribution in [1.29, 1.82) is 0 Å². The van der Waals surface area contributed by atoms with Crippen LogP contribution >= 0.6 is 11.6 Å². The van der Waals surface area contributed by atoms with E-state index >= 15 is 0 Å². The van der Waals surface area contributed by atoms with E-state index in [1.54, 1.807) is 13.0 Å². The second-order valence-electron chi connectivity index (χ2n) is 3.40. The maximum Gasteiger partial charge on any atom is 0.130 e. The van der Waals surface area contributed by atoms with Crippen LogP contribution in [0.25, 0.3) is 0 Å². The smallest absolute Gasteiger partial charge is 0.130 e. The van der Waals surface area contributed by atoms with Gasteiger partial charge in [0.2, 0.25) is 0 Å². The number of halogens is 2. The standard InChI is InChI=1S/C11H14ClFO/c1-3-4-9(14)10-8(13)6-5-7(2)11(10)12/h5-6,9,14H,3-4H2,1-2H3. The van der Waals surface area contributed by atoms with E-state index in [1.807, 2.05) is 6.92 Å². The van der Waals surface area contributed by atoms with E-state index in [-0.39, 0.29) is 5.56 Å². The Morgan fingerprint density at radius 1 is 1.50 bits per heavy atom. The van der Waals surface area contributed by atoms with Crippen molar-refractivity contribution in [3.63, 3.8) is 0 Å². The first-order valence-electron chi connectivity index (χ1n) is 4.70. The lowest BCUT2D eigenvalue weighted by Crippen LogP contribution is -2.02. The van der Waals surface area contributed by atoms with Gasteiger partial charge in [0.15, 0.2) is 0 Å². The molecular formula is C11H14ClFO. The molecule has 0 amide bonds. The summed E-state index contributed by atoms with van der Waals surface area (Å²) in [5.74, 6) is -0.429. The van der Waals surface area contributed by atoms with Crippen LogP contribution in [0.5, 0.6) is 0 Å². The summed E-state index contributed by atoms with van der Waals surface area (Å²) >= 11 is 5.93. The van der Waals surface area contributed by atoms with E-state index in [1.165, 1.54) is 6.07 Å². The summed E-state index contributed by atoms with van der Waals surface area (Å²) < 4.78 is 13.4. The molecule has 0 spiro atoms. The highest BCUT2D eigenvalue weighted by molar-refractivity contribution is 6.32. The third kappa shape index (κ3) is 2.25. The summed E-state index contributed by atoms with van der Waals surface area (Å²) in [5.41, 5.74) is 1.02. The maximum absolute atomic E-state index is 13.4. The van der Waals surface area contributed by atoms with Crippen LogP contribution in [0.3, 0.4) is 0 Å². The Kier molecular flexibility index (Phi) is 3.90. The Labute approximate surface area is 88.5 Å². The zero-order chi connectivity index (χ0) is 10.7. The van der Waals surface area contributed by atoms with Gasteiger partial charge < -0.3 is 5.11 Å². The molecule has 3 heteroatoms. The van der Waals surface area contributed by atoms with Gasteiger partial charge in [0.1, 0.15) is 5.82 Å². The van der Waals surface area contributed by atoms with Gasteiger partial charge in [-0.2, -0.15) is 0 Å². The van der Waals surface area contributed by atoms with E-state index in [9.17, 15) is 9.50 Å². The molecule has 0 radical (unpaired) electrons. The van der Waals surface area contributed by atoms with E-state index < -0.39 is 11.9 Å². The average Bonchev–Trinajstić information content (AvgIpc) is 2.13. The largest absolute Gasteiger partial charge is 0.388 e. The molecule has 0 heterocycles. The van der Waals surface area contributed by atoms with Crippen LogP contribution in [0.1, 0.15) is 37.0 Å². The van der Waals surface area contributed by atoms with Crippen LogP contribution in [-0.2, 0) is 0 Å². The molecule has 0 aliphatic heterocycles. The lowest BCUT2D eigenvalue weighted by atomic mass is 10.0. The molecule has 0 saturated carbocycles. The van der Waals surface area contributed by atoms with E-state index in [0.717, 1.165) is 12.0 Å². The topological polar surface area (TPSA) is 20.2 Å². The van der Waals surface area contributed by atoms with Gasteiger partial charge in [-0.15, -0.1) is 0 Å². The van der Waals surface area contributed by atoms with Crippen LogP contribution in [0.4, 0.5) is 4.39 Å². The Balaban J connectivity index is 3.11. The molecule has 0 saturated heterocycles. The molecule has 0 aromatic heterocycles. The lowest BCUT2D eigenvalue weighted by molar-refractivity contribution is 0.162. The van der Waals surface area contributed by atoms with Crippen molar-refractivity contribution >= 4 is 11.6 Å². The van der Waals surface area contributed by atoms with Crippen molar-refractivity contribution in [3.05, 3.63) is 34.1 Å². The Bertz CT molecular complexity index is 325. The van der Waals surface area contributed by atoms with Crippen molar-refractivity contribution < 1.29 is 9.50 Å². The monoisotopic (exact) mass is 216 g/mol. The number of aliphatic hydroxyl groups is 1. The Morgan fingerprint density at radius 2 is 2.14 bits per heavy atom. The minimum absolute atomic E-state index is 0.230. The fraction of sp³-hybridized carbons (Fsp3) is 0.455. The van der Waals surface area contributed by atoms with Crippen LogP contribution in [0, 0.1) is 12.7 Å². The summed E-state index contributed by atoms with van der Waals surface area (Å²) in [7, 11) is 0. The van der Waals surface area contributed by atoms with E-state index in [0.29, 0.717) is 11.4 Å². The molecule has 1 nitrogen and oxygen atoms in total. The molecule has 0 aliphatic rings. The van der Waals surface area contributed by atoms with Crippen molar-refractivity contribution in [2.24, 2.45) is 0 Å². The van der Waals surface area contributed by atoms with Gasteiger partial charge >= 0.3 is 0 Å². The molecular weight excluding hydrogens is 203 g/mol. The van der Waals surface area contributed by atoms with Crippen LogP contribution in [-0.4, -0.2) is 5.11 Å². The minimum atomic E-state index is -0.799. The summed E-state index contributed by atoms with van der Waals surface area (Å²) in [6, 6.07) is 2.95. The molecule has 78 valence electrons. The van der Waals surface area contributed by atoms with Crippen LogP contribution in [0.15, 0.2) is 12.1 Å². The Morgan fingerprint density at radius 3 is 2.71 bits per heavy atom. The second-order valence-corrected chi connectivity index (χ2v) is 3.77. The van der Waals surface area contributed by atoms with E-state index in [2.05, 4.69) is 0 Å². The first-order chi connectivity index (χ1) is 6.57. The minimum Gasteiger partial charge on any atom is -0.388 e. The number of aryl methyl sites for hydroxylation is 1. The third-order valence-corrected chi connectivity index (χ3v) is 2.72. The maximum atomic E-state index is 13.4. The summed E-state index contributed by atoms with van der Waals surface area (Å²) in [6.45, 7) is 3.73. The first-order valence-corrected chi connectivity index (χ1v) is 5.08. The van der Waals surface area contributed by atoms with Crippen LogP contribution < -0.4 is 0 Å². The average molecular weight is 217 g/mol. The van der Waals surface area contributed by atoms with Gasteiger partial charge in [0, 0.05) is 5.56 Å². The fourth-order valence-electron chi connectivity index (χ4n) is 1.40. The molecule has 1 rings (SSSR count). The van der Waals surface area contributed by atoms with Crippen LogP contribution in [0.2, 0.25) is 5.02 Å². The zero-order valence-corrected chi connectivity index (χ0v) is 9.11. The predicted molar refractivity (Wildman–Crippen MR) is 56.0 cm³/mol. The van der Waals surface area contributed by atoms with Gasteiger partial charge in [0.05, 0.1) is 11.1 Å². The highest BCUT2D eigenvalue weighted by Crippen LogP contribution is 2.30. The molecule has 1 aromatic rings. The van der Waals surface area contributed by atoms with Crippen molar-refractivity contribution in [2.45, 2.75) is 32.8 Å². The summed E-state index contributed by atoms with van der Waals surface area (Å²) in [4.78, 5) is 0. The lowest BCUT2D eigenvalue weighted by Gasteiger charge is -2.14. The number of hydrogen-bond donors (Lipinski definition) is 1. The van der Waals surface area contributed by atoms with Crippen molar-refractivity contribution in [1.82, 2.24) is 0 Å². The quantitative estimate of drug-likeness (QED) is 0.818. The third-order valence-electron chi connectivity index (χ3n) is 2.21. The molecule has 1 N–H and O–H groups in total. The molecule has 1 aromatic carbocycles. The van der Waals surface area contributed by atoms with Gasteiger partial charge in [-0.25, -0.2) is 4.39 Å². The molecule has 0 fully saturated rings. The predicted octanol–water partition coefficient (Wildman–Crippen LogP) is 3.62. The Hall–Kier alpha value is -0.600. The molecule has 14 heavy (non-hydrogen) atoms. The SMILES string of the molecule is CCCC(O)c1c(F)ccc(C)c1Cl. The van der Waals surface area contributed by atoms with Crippen molar-refractivity contribution in [3.8, 4) is 0 Å². The zero-order valence-electron chi connectivity index (χ0n) is 8.35. The van der Waals surface area contributed by atoms with Gasteiger partial charge in [-0.3, -0.25) is 0 Å². The summed E-state index contributed by atoms with van der Waals surface area (Å²) in [6.07, 6.45) is 0.526. The fourth-order valence-corrected chi connectivity index (χ4v) is 1.68. The number of rotatable bonds is 3. The number of aliphatic hydroxyl groups excluding tert-OH is 1. The van der Waals surface area contributed by atoms with Gasteiger partial charge in [-0.05, 0) is 25.0 Å². The van der Waals surface area contributed by atoms with Crippen molar-refractivity contribution in [2.75, 3.05) is 0 Å². The highest BCUT2D eigenvalue weighted by Gasteiger charge is 2.17. The normalized spacial score (nSPS) is 12.9. The molecule has 1 unspecified atom stereocenters. The second kappa shape index (κ2) is 4.76. The summed E-state index contributed by atoms with van der Waals surface area (Å²) in [5, 5.41) is 10.0.